The maximum Gasteiger partial charge on any atom is 0.242 e. The third-order valence-electron chi connectivity index (χ3n) is 9.07. The van der Waals surface area contributed by atoms with E-state index in [1.807, 2.05) is 30.7 Å². The molecule has 0 radical (unpaired) electrons. The number of nitrogens with zero attached hydrogens (tertiary/aromatic N) is 3. The van der Waals surface area contributed by atoms with Gasteiger partial charge in [0.15, 0.2) is 0 Å². The van der Waals surface area contributed by atoms with Crippen LogP contribution in [0.4, 0.5) is 5.82 Å². The molecule has 1 unspecified atom stereocenters. The summed E-state index contributed by atoms with van der Waals surface area (Å²) in [7, 11) is -1.14. The van der Waals surface area contributed by atoms with Gasteiger partial charge in [0, 0.05) is 31.5 Å². The van der Waals surface area contributed by atoms with Crippen LogP contribution in [0.15, 0.2) is 12.1 Å². The van der Waals surface area contributed by atoms with Crippen molar-refractivity contribution in [2.24, 2.45) is 23.5 Å². The Labute approximate surface area is 247 Å². The van der Waals surface area contributed by atoms with E-state index in [2.05, 4.69) is 29.9 Å². The van der Waals surface area contributed by atoms with Crippen molar-refractivity contribution in [3.8, 4) is 11.1 Å². The molecule has 2 heterocycles. The molecule has 0 bridgehead atoms. The summed E-state index contributed by atoms with van der Waals surface area (Å²) in [5.74, 6) is 1.61. The van der Waals surface area contributed by atoms with Crippen LogP contribution in [0.25, 0.3) is 11.1 Å². The second-order valence-corrected chi connectivity index (χ2v) is 19.3. The minimum atomic E-state index is -1.14. The molecule has 2 aliphatic carbocycles. The number of carbonyl (C=O) groups is 1. The maximum atomic E-state index is 13.5. The van der Waals surface area contributed by atoms with Crippen LogP contribution in [0.1, 0.15) is 75.6 Å². The minimum absolute atomic E-state index is 0.145. The maximum absolute atomic E-state index is 13.5. The molecule has 0 aromatic carbocycles. The summed E-state index contributed by atoms with van der Waals surface area (Å²) in [6.45, 7) is 12.2. The molecular weight excluding hydrogens is 538 g/mol. The molecule has 3 N–H and O–H groups in total. The molecule has 0 spiro atoms. The van der Waals surface area contributed by atoms with Gasteiger partial charge in [-0.15, -0.1) is 0 Å². The van der Waals surface area contributed by atoms with Gasteiger partial charge < -0.3 is 15.8 Å². The predicted molar refractivity (Wildman–Crippen MR) is 167 cm³/mol. The van der Waals surface area contributed by atoms with Crippen LogP contribution in [0.3, 0.4) is 0 Å². The van der Waals surface area contributed by atoms with Gasteiger partial charge in [-0.1, -0.05) is 95.5 Å². The number of aromatic nitrogens is 3. The number of pyridine rings is 1. The molecule has 2 aromatic heterocycles. The van der Waals surface area contributed by atoms with E-state index in [9.17, 15) is 4.79 Å². The standard InChI is InChI=1S/C31H50ClN5O2Si/c1-21-27(22(2)37(36-21)20-39-18-19-40(3,4)5)25-16-17-26(34-30(25)32)35-31(38)29(33)28(23-12-8-6-9-13-23)24-14-10-7-11-15-24/h16-17,23-24,28-29H,6-15,18-20,33H2,1-5H3,(H,34,35,38). The average Bonchev–Trinajstić information content (AvgIpc) is 3.20. The Kier molecular flexibility index (Phi) is 10.9. The summed E-state index contributed by atoms with van der Waals surface area (Å²) in [5, 5.41) is 8.04. The molecule has 2 fully saturated rings. The van der Waals surface area contributed by atoms with Crippen molar-refractivity contribution >= 4 is 31.4 Å². The smallest absolute Gasteiger partial charge is 0.242 e. The molecule has 7 nitrogen and oxygen atoms in total. The molecular formula is C31H50ClN5O2Si. The fraction of sp³-hybridized carbons (Fsp3) is 0.710. The highest BCUT2D eigenvalue weighted by Crippen LogP contribution is 2.41. The van der Waals surface area contributed by atoms with Crippen LogP contribution in [0.5, 0.6) is 0 Å². The Hall–Kier alpha value is -1.74. The molecule has 40 heavy (non-hydrogen) atoms. The molecule has 222 valence electrons. The first-order chi connectivity index (χ1) is 19.0. The van der Waals surface area contributed by atoms with Crippen LogP contribution in [-0.4, -0.2) is 41.4 Å². The summed E-state index contributed by atoms with van der Waals surface area (Å²) in [5.41, 5.74) is 10.4. The predicted octanol–water partition coefficient (Wildman–Crippen LogP) is 7.57. The van der Waals surface area contributed by atoms with Crippen molar-refractivity contribution in [1.82, 2.24) is 14.8 Å². The molecule has 0 aliphatic heterocycles. The largest absolute Gasteiger partial charge is 0.360 e. The summed E-state index contributed by atoms with van der Waals surface area (Å²) >= 11 is 6.71. The molecule has 9 heteroatoms. The fourth-order valence-corrected chi connectivity index (χ4v) is 7.83. The van der Waals surface area contributed by atoms with E-state index < -0.39 is 14.1 Å². The number of halogens is 1. The van der Waals surface area contributed by atoms with Gasteiger partial charge in [-0.3, -0.25) is 4.79 Å². The van der Waals surface area contributed by atoms with Gasteiger partial charge >= 0.3 is 0 Å². The summed E-state index contributed by atoms with van der Waals surface area (Å²) < 4.78 is 7.82. The lowest BCUT2D eigenvalue weighted by molar-refractivity contribution is -0.120. The molecule has 4 rings (SSSR count). The fourth-order valence-electron chi connectivity index (χ4n) is 6.83. The first kappa shape index (κ1) is 31.2. The molecule has 0 saturated heterocycles. The van der Waals surface area contributed by atoms with Gasteiger partial charge in [-0.25, -0.2) is 9.67 Å². The van der Waals surface area contributed by atoms with Crippen LogP contribution in [-0.2, 0) is 16.3 Å². The quantitative estimate of drug-likeness (QED) is 0.160. The highest BCUT2D eigenvalue weighted by Gasteiger charge is 2.38. The first-order valence-corrected chi connectivity index (χ1v) is 19.5. The van der Waals surface area contributed by atoms with E-state index in [0.717, 1.165) is 35.2 Å². The zero-order chi connectivity index (χ0) is 28.9. The number of aryl methyl sites for hydroxylation is 1. The van der Waals surface area contributed by atoms with E-state index in [1.165, 1.54) is 64.2 Å². The van der Waals surface area contributed by atoms with Crippen molar-refractivity contribution in [3.63, 3.8) is 0 Å². The molecule has 2 aromatic rings. The van der Waals surface area contributed by atoms with Crippen LogP contribution in [0, 0.1) is 31.6 Å². The number of nitrogens with one attached hydrogen (secondary N) is 1. The Balaban J connectivity index is 1.45. The monoisotopic (exact) mass is 587 g/mol. The van der Waals surface area contributed by atoms with Crippen molar-refractivity contribution in [1.29, 1.82) is 0 Å². The number of ether oxygens (including phenoxy) is 1. The van der Waals surface area contributed by atoms with E-state index >= 15 is 0 Å². The number of carbonyl (C=O) groups excluding carboxylic acids is 1. The van der Waals surface area contributed by atoms with Crippen molar-refractivity contribution < 1.29 is 9.53 Å². The Bertz CT molecular complexity index is 1120. The number of amides is 1. The zero-order valence-corrected chi connectivity index (χ0v) is 27.0. The lowest BCUT2D eigenvalue weighted by Gasteiger charge is -2.40. The summed E-state index contributed by atoms with van der Waals surface area (Å²) in [4.78, 5) is 18.0. The van der Waals surface area contributed by atoms with Crippen LogP contribution >= 0.6 is 11.6 Å². The van der Waals surface area contributed by atoms with Gasteiger partial charge in [0.1, 0.15) is 17.7 Å². The lowest BCUT2D eigenvalue weighted by Crippen LogP contribution is -2.48. The highest BCUT2D eigenvalue weighted by atomic mass is 35.5. The molecule has 1 amide bonds. The van der Waals surface area contributed by atoms with Gasteiger partial charge in [0.25, 0.3) is 0 Å². The number of nitrogens with two attached hydrogens (primary N) is 1. The van der Waals surface area contributed by atoms with Crippen molar-refractivity contribution in [2.75, 3.05) is 11.9 Å². The van der Waals surface area contributed by atoms with Crippen molar-refractivity contribution in [3.05, 3.63) is 28.7 Å². The second-order valence-electron chi connectivity index (χ2n) is 13.3. The minimum Gasteiger partial charge on any atom is -0.360 e. The van der Waals surface area contributed by atoms with E-state index in [1.54, 1.807) is 0 Å². The number of hydrogen-bond acceptors (Lipinski definition) is 5. The third kappa shape index (κ3) is 7.96. The van der Waals surface area contributed by atoms with Crippen LogP contribution in [0.2, 0.25) is 30.8 Å². The van der Waals surface area contributed by atoms with Crippen LogP contribution < -0.4 is 11.1 Å². The molecule has 2 aliphatic rings. The Morgan fingerprint density at radius 3 is 2.23 bits per heavy atom. The lowest BCUT2D eigenvalue weighted by atomic mass is 9.66. The number of rotatable bonds is 11. The first-order valence-electron chi connectivity index (χ1n) is 15.4. The highest BCUT2D eigenvalue weighted by molar-refractivity contribution is 6.76. The topological polar surface area (TPSA) is 95.1 Å². The average molecular weight is 588 g/mol. The Morgan fingerprint density at radius 1 is 1.07 bits per heavy atom. The normalized spacial score (nSPS) is 18.3. The van der Waals surface area contributed by atoms with Gasteiger partial charge in [0.05, 0.1) is 11.7 Å². The Morgan fingerprint density at radius 2 is 1.68 bits per heavy atom. The summed E-state index contributed by atoms with van der Waals surface area (Å²) in [6.07, 6.45) is 12.4. The third-order valence-corrected chi connectivity index (χ3v) is 11.1. The van der Waals surface area contributed by atoms with Gasteiger partial charge in [-0.05, 0) is 49.8 Å². The van der Waals surface area contributed by atoms with E-state index in [4.69, 9.17) is 27.2 Å². The molecule has 2 saturated carbocycles. The van der Waals surface area contributed by atoms with E-state index in [0.29, 0.717) is 29.5 Å². The number of anilines is 1. The van der Waals surface area contributed by atoms with E-state index in [-0.39, 0.29) is 11.8 Å². The number of hydrogen-bond donors (Lipinski definition) is 2. The van der Waals surface area contributed by atoms with Crippen molar-refractivity contribution in [2.45, 2.75) is 117 Å². The summed E-state index contributed by atoms with van der Waals surface area (Å²) in [6, 6.07) is 4.33. The SMILES string of the molecule is Cc1nn(COCC[Si](C)(C)C)c(C)c1-c1ccc(NC(=O)C(N)C(C2CCCCC2)C2CCCCC2)nc1Cl. The molecule has 1 atom stereocenters. The van der Waals surface area contributed by atoms with Gasteiger partial charge in [0.2, 0.25) is 5.91 Å². The van der Waals surface area contributed by atoms with Gasteiger partial charge in [-0.2, -0.15) is 5.10 Å². The second kappa shape index (κ2) is 13.9. The zero-order valence-electron chi connectivity index (χ0n) is 25.3.